The molecular formula is C26H35N3O6S2Si. The second kappa shape index (κ2) is 11.0. The van der Waals surface area contributed by atoms with Crippen LogP contribution in [0, 0.1) is 11.8 Å². The van der Waals surface area contributed by atoms with Gasteiger partial charge in [0.15, 0.2) is 12.7 Å². The first-order chi connectivity index (χ1) is 17.8. The van der Waals surface area contributed by atoms with E-state index >= 15 is 0 Å². The number of thioether (sulfide) groups is 1. The molecule has 4 heterocycles. The van der Waals surface area contributed by atoms with Crippen LogP contribution in [0.5, 0.6) is 0 Å². The molecule has 0 aliphatic carbocycles. The minimum atomic E-state index is -1.87. The van der Waals surface area contributed by atoms with Crippen molar-refractivity contribution in [3.05, 3.63) is 40.4 Å². The van der Waals surface area contributed by atoms with Crippen LogP contribution in [0.25, 0.3) is 5.57 Å². The van der Waals surface area contributed by atoms with E-state index in [4.69, 9.17) is 14.1 Å². The van der Waals surface area contributed by atoms with Crippen molar-refractivity contribution in [2.45, 2.75) is 69.4 Å². The molecule has 12 heteroatoms. The highest BCUT2D eigenvalue weighted by molar-refractivity contribution is 8.04. The molecule has 0 unspecified atom stereocenters. The zero-order valence-electron chi connectivity index (χ0n) is 22.6. The van der Waals surface area contributed by atoms with E-state index in [1.54, 1.807) is 4.90 Å². The maximum Gasteiger partial charge on any atom is 0.410 e. The standard InChI is InChI=1S/C26H35N3O6S2Si/c1-8-11-34-26(33)28-12-17(10-9-14(28)2)18-13-36-25(27-18)37-22-15(3)20-19(16(4)35-38(5,6)7)23(30)29(20)21(22)24(31)32/h8,10,13-16,19-20H,1,9,11-12H2,2-7H3,(H,31,32)/t14-,15-,16-,19-,20-/m1/s1. The smallest absolute Gasteiger partial charge is 0.410 e. The zero-order chi connectivity index (χ0) is 27.9. The molecule has 206 valence electrons. The normalized spacial score (nSPS) is 26.1. The van der Waals surface area contributed by atoms with E-state index in [-0.39, 0.29) is 54.3 Å². The number of hydrogen-bond acceptors (Lipinski definition) is 8. The number of carbonyl (C=O) groups is 3. The number of aromatic nitrogens is 1. The van der Waals surface area contributed by atoms with Crippen LogP contribution < -0.4 is 0 Å². The molecular weight excluding hydrogens is 543 g/mol. The lowest BCUT2D eigenvalue weighted by atomic mass is 9.79. The van der Waals surface area contributed by atoms with Crippen LogP contribution in [0.15, 0.2) is 39.1 Å². The lowest BCUT2D eigenvalue weighted by molar-refractivity contribution is -0.162. The summed E-state index contributed by atoms with van der Waals surface area (Å²) in [5.74, 6) is -1.82. The minimum absolute atomic E-state index is 0.00786. The Kier molecular flexibility index (Phi) is 8.27. The number of carbonyl (C=O) groups excluding carboxylic acids is 2. The molecule has 0 bridgehead atoms. The van der Waals surface area contributed by atoms with Crippen LogP contribution in [0.1, 0.15) is 32.9 Å². The van der Waals surface area contributed by atoms with Crippen molar-refractivity contribution < 1.29 is 28.7 Å². The summed E-state index contributed by atoms with van der Waals surface area (Å²) in [6.45, 7) is 16.2. The summed E-state index contributed by atoms with van der Waals surface area (Å²) in [5, 5.41) is 12.0. The lowest BCUT2D eigenvalue weighted by Gasteiger charge is -2.48. The average Bonchev–Trinajstić information content (AvgIpc) is 3.38. The molecule has 2 amide bonds. The summed E-state index contributed by atoms with van der Waals surface area (Å²) in [6, 6.07) is -0.229. The Morgan fingerprint density at radius 3 is 2.71 bits per heavy atom. The molecule has 9 nitrogen and oxygen atoms in total. The number of rotatable bonds is 9. The number of carboxylic acid groups (broad SMARTS) is 1. The monoisotopic (exact) mass is 577 g/mol. The van der Waals surface area contributed by atoms with Gasteiger partial charge in [0.2, 0.25) is 5.91 Å². The van der Waals surface area contributed by atoms with Gasteiger partial charge in [-0.15, -0.1) is 11.3 Å². The highest BCUT2D eigenvalue weighted by Crippen LogP contribution is 2.52. The summed E-state index contributed by atoms with van der Waals surface area (Å²) in [4.78, 5) is 46.4. The maximum atomic E-state index is 13.1. The van der Waals surface area contributed by atoms with Gasteiger partial charge in [-0.25, -0.2) is 14.6 Å². The van der Waals surface area contributed by atoms with E-state index in [2.05, 4.69) is 32.3 Å². The van der Waals surface area contributed by atoms with Gasteiger partial charge in [-0.3, -0.25) is 4.79 Å². The van der Waals surface area contributed by atoms with Crippen LogP contribution in [0.2, 0.25) is 19.6 Å². The van der Waals surface area contributed by atoms with Crippen molar-refractivity contribution in [2.75, 3.05) is 13.2 Å². The van der Waals surface area contributed by atoms with Gasteiger partial charge in [-0.05, 0) is 45.5 Å². The Morgan fingerprint density at radius 2 is 2.08 bits per heavy atom. The summed E-state index contributed by atoms with van der Waals surface area (Å²) in [7, 11) is -1.87. The number of fused-ring (bicyclic) bond motifs is 1. The Morgan fingerprint density at radius 1 is 1.37 bits per heavy atom. The van der Waals surface area contributed by atoms with E-state index in [1.165, 1.54) is 34.1 Å². The summed E-state index contributed by atoms with van der Waals surface area (Å²) < 4.78 is 12.1. The predicted octanol–water partition coefficient (Wildman–Crippen LogP) is 5.05. The quantitative estimate of drug-likeness (QED) is 0.247. The second-order valence-corrected chi connectivity index (χ2v) is 17.5. The molecule has 1 aromatic heterocycles. The van der Waals surface area contributed by atoms with E-state index in [0.29, 0.717) is 22.2 Å². The molecule has 3 aliphatic heterocycles. The Hall–Kier alpha value is -2.41. The van der Waals surface area contributed by atoms with Crippen molar-refractivity contribution in [3.63, 3.8) is 0 Å². The van der Waals surface area contributed by atoms with Crippen molar-refractivity contribution in [3.8, 4) is 0 Å². The third-order valence-electron chi connectivity index (χ3n) is 6.98. The van der Waals surface area contributed by atoms with Crippen molar-refractivity contribution in [2.24, 2.45) is 11.8 Å². The second-order valence-electron chi connectivity index (χ2n) is 10.9. The summed E-state index contributed by atoms with van der Waals surface area (Å²) in [5.41, 5.74) is 1.72. The minimum Gasteiger partial charge on any atom is -0.477 e. The molecule has 1 aromatic rings. The molecule has 0 spiro atoms. The number of ether oxygens (including phenoxy) is 1. The number of thiazole rings is 1. The Labute approximate surface area is 232 Å². The first-order valence-electron chi connectivity index (χ1n) is 12.7. The van der Waals surface area contributed by atoms with Gasteiger partial charge in [0.25, 0.3) is 0 Å². The molecule has 1 fully saturated rings. The molecule has 38 heavy (non-hydrogen) atoms. The van der Waals surface area contributed by atoms with Gasteiger partial charge in [-0.2, -0.15) is 0 Å². The molecule has 0 radical (unpaired) electrons. The van der Waals surface area contributed by atoms with Crippen LogP contribution in [0.4, 0.5) is 4.79 Å². The first kappa shape index (κ1) is 28.6. The maximum absolute atomic E-state index is 13.1. The number of β-lactam (4-membered cyclic amide) rings is 1. The summed E-state index contributed by atoms with van der Waals surface area (Å²) in [6.07, 6.45) is 3.64. The first-order valence-corrected chi connectivity index (χ1v) is 17.8. The number of hydrogen-bond donors (Lipinski definition) is 1. The fourth-order valence-electron chi connectivity index (χ4n) is 5.31. The van der Waals surface area contributed by atoms with Crippen LogP contribution in [-0.4, -0.2) is 77.5 Å². The van der Waals surface area contributed by atoms with Gasteiger partial charge < -0.3 is 24.1 Å². The molecule has 3 aliphatic rings. The fraction of sp³-hybridized carbons (Fsp3) is 0.538. The molecule has 0 saturated carbocycles. The molecule has 4 rings (SSSR count). The van der Waals surface area contributed by atoms with E-state index < -0.39 is 14.3 Å². The largest absolute Gasteiger partial charge is 0.477 e. The third-order valence-corrected chi connectivity index (χ3v) is 10.3. The van der Waals surface area contributed by atoms with Crippen LogP contribution in [0.3, 0.4) is 0 Å². The number of aliphatic carboxylic acids is 1. The molecule has 5 atom stereocenters. The molecule has 1 saturated heterocycles. The summed E-state index contributed by atoms with van der Waals surface area (Å²) >= 11 is 2.73. The van der Waals surface area contributed by atoms with Crippen molar-refractivity contribution >= 4 is 55.0 Å². The van der Waals surface area contributed by atoms with E-state index in [9.17, 15) is 19.5 Å². The number of amides is 2. The Balaban J connectivity index is 1.52. The topological polar surface area (TPSA) is 109 Å². The predicted molar refractivity (Wildman–Crippen MR) is 150 cm³/mol. The molecule has 0 aromatic carbocycles. The van der Waals surface area contributed by atoms with E-state index in [1.807, 2.05) is 26.2 Å². The van der Waals surface area contributed by atoms with Gasteiger partial charge >= 0.3 is 12.1 Å². The third kappa shape index (κ3) is 5.49. The lowest BCUT2D eigenvalue weighted by Crippen LogP contribution is -2.64. The molecule has 1 N–H and O–H groups in total. The van der Waals surface area contributed by atoms with E-state index in [0.717, 1.165) is 11.3 Å². The fourth-order valence-corrected chi connectivity index (χ4v) is 8.68. The van der Waals surface area contributed by atoms with Gasteiger partial charge in [0, 0.05) is 22.2 Å². The van der Waals surface area contributed by atoms with Gasteiger partial charge in [-0.1, -0.05) is 37.4 Å². The highest BCUT2D eigenvalue weighted by Gasteiger charge is 2.60. The zero-order valence-corrected chi connectivity index (χ0v) is 25.2. The van der Waals surface area contributed by atoms with Crippen molar-refractivity contribution in [1.82, 2.24) is 14.8 Å². The average molecular weight is 578 g/mol. The SMILES string of the molecule is C=CCOC(=O)N1CC(c2csc(SC3=C(C(=O)O)N4C(=O)[C@H]([C@@H](C)O[Si](C)(C)C)[C@H]4[C@H]3C)n2)=CC[C@H]1C. The number of carboxylic acids is 1. The van der Waals surface area contributed by atoms with Crippen LogP contribution >= 0.6 is 23.1 Å². The Bertz CT molecular complexity index is 1210. The number of nitrogens with zero attached hydrogens (tertiary/aromatic N) is 3. The van der Waals surface area contributed by atoms with Crippen molar-refractivity contribution in [1.29, 1.82) is 0 Å². The highest BCUT2D eigenvalue weighted by atomic mass is 32.2. The van der Waals surface area contributed by atoms with Gasteiger partial charge in [0.05, 0.1) is 30.3 Å². The van der Waals surface area contributed by atoms with Crippen LogP contribution in [-0.2, 0) is 18.8 Å². The van der Waals surface area contributed by atoms with Gasteiger partial charge in [0.1, 0.15) is 12.3 Å².